The van der Waals surface area contributed by atoms with E-state index in [0.717, 1.165) is 24.6 Å². The summed E-state index contributed by atoms with van der Waals surface area (Å²) in [6, 6.07) is 6.61. The minimum absolute atomic E-state index is 0.0228. The lowest BCUT2D eigenvalue weighted by atomic mass is 10.0. The van der Waals surface area contributed by atoms with E-state index in [-0.39, 0.29) is 22.1 Å². The zero-order valence-electron chi connectivity index (χ0n) is 17.2. The Morgan fingerprint density at radius 1 is 1.16 bits per heavy atom. The summed E-state index contributed by atoms with van der Waals surface area (Å²) in [5.74, 6) is -2.22. The molecule has 1 atom stereocenters. The number of alkyl halides is 3. The first-order valence-electron chi connectivity index (χ1n) is 9.39. The van der Waals surface area contributed by atoms with Crippen LogP contribution in [-0.4, -0.2) is 28.2 Å². The third-order valence-electron chi connectivity index (χ3n) is 4.62. The normalized spacial score (nSPS) is 12.4. The van der Waals surface area contributed by atoms with Crippen molar-refractivity contribution in [1.82, 2.24) is 9.97 Å². The van der Waals surface area contributed by atoms with Crippen LogP contribution in [-0.2, 0) is 0 Å². The minimum Gasteiger partial charge on any atom is -0.480 e. The Balaban J connectivity index is 2.08. The van der Waals surface area contributed by atoms with E-state index >= 15 is 0 Å². The van der Waals surface area contributed by atoms with Crippen LogP contribution in [0.3, 0.4) is 0 Å². The van der Waals surface area contributed by atoms with Crippen molar-refractivity contribution in [3.63, 3.8) is 0 Å². The van der Waals surface area contributed by atoms with E-state index in [1.165, 1.54) is 18.5 Å². The molecule has 5 nitrogen and oxygen atoms in total. The molecule has 3 rings (SSSR count). The van der Waals surface area contributed by atoms with Crippen LogP contribution in [0.25, 0.3) is 11.3 Å². The largest absolute Gasteiger partial charge is 0.480 e. The van der Waals surface area contributed by atoms with Gasteiger partial charge in [0, 0.05) is 18.0 Å². The van der Waals surface area contributed by atoms with Gasteiger partial charge in [-0.3, -0.25) is 9.78 Å². The molecule has 0 aliphatic rings. The van der Waals surface area contributed by atoms with Gasteiger partial charge in [0.05, 0.1) is 16.9 Å². The SMILES string of the molecule is Cc1ccc(-c2cc(OC(C)C(F)(F)F)c(C(=O)Nc3c(C)ccnc3Cl)cc2F)nc1. The van der Waals surface area contributed by atoms with Crippen molar-refractivity contribution in [2.75, 3.05) is 5.32 Å². The Hall–Kier alpha value is -3.20. The van der Waals surface area contributed by atoms with Gasteiger partial charge in [-0.05, 0) is 56.2 Å². The highest BCUT2D eigenvalue weighted by Crippen LogP contribution is 2.34. The molecule has 2 heterocycles. The number of rotatable bonds is 5. The van der Waals surface area contributed by atoms with E-state index in [2.05, 4.69) is 15.3 Å². The van der Waals surface area contributed by atoms with Gasteiger partial charge in [-0.1, -0.05) is 17.7 Å². The number of hydrogen-bond donors (Lipinski definition) is 1. The lowest BCUT2D eigenvalue weighted by molar-refractivity contribution is -0.189. The standard InChI is InChI=1S/C22H18ClF4N3O2/c1-11-4-5-17(29-10-11)14-9-18(32-13(3)22(25,26)27)15(8-16(14)24)21(31)30-19-12(2)6-7-28-20(19)23/h4-10,13H,1-3H3,(H,30,31). The Morgan fingerprint density at radius 2 is 1.88 bits per heavy atom. The first-order valence-corrected chi connectivity index (χ1v) is 9.77. The minimum atomic E-state index is -4.70. The molecule has 3 aromatic rings. The number of halogens is 5. The highest BCUT2D eigenvalue weighted by atomic mass is 35.5. The summed E-state index contributed by atoms with van der Waals surface area (Å²) in [7, 11) is 0. The number of amides is 1. The molecule has 0 aliphatic heterocycles. The second kappa shape index (κ2) is 9.12. The van der Waals surface area contributed by atoms with E-state index in [0.29, 0.717) is 5.56 Å². The monoisotopic (exact) mass is 467 g/mol. The van der Waals surface area contributed by atoms with Gasteiger partial charge in [0.15, 0.2) is 11.3 Å². The Kier molecular flexibility index (Phi) is 6.68. The van der Waals surface area contributed by atoms with Crippen molar-refractivity contribution in [3.05, 3.63) is 70.4 Å². The maximum absolute atomic E-state index is 14.9. The maximum Gasteiger partial charge on any atom is 0.425 e. The number of benzene rings is 1. The third kappa shape index (κ3) is 5.16. The number of nitrogens with zero attached hydrogens (tertiary/aromatic N) is 2. The second-order valence-electron chi connectivity index (χ2n) is 7.10. The van der Waals surface area contributed by atoms with Crippen LogP contribution in [0.1, 0.15) is 28.4 Å². The molecule has 1 unspecified atom stereocenters. The summed E-state index contributed by atoms with van der Waals surface area (Å²) in [6.45, 7) is 4.22. The molecule has 1 amide bonds. The zero-order chi connectivity index (χ0) is 23.6. The number of hydrogen-bond acceptors (Lipinski definition) is 4. The smallest absolute Gasteiger partial charge is 0.425 e. The number of pyridine rings is 2. The Bertz CT molecular complexity index is 1130. The molecule has 2 aromatic heterocycles. The summed E-state index contributed by atoms with van der Waals surface area (Å²) < 4.78 is 59.3. The first kappa shape index (κ1) is 23.5. The van der Waals surface area contributed by atoms with Crippen molar-refractivity contribution in [2.24, 2.45) is 0 Å². The fourth-order valence-corrected chi connectivity index (χ4v) is 3.02. The average molecular weight is 468 g/mol. The number of carbonyl (C=O) groups is 1. The number of nitrogens with one attached hydrogen (secondary N) is 1. The molecule has 0 radical (unpaired) electrons. The summed E-state index contributed by atoms with van der Waals surface area (Å²) in [4.78, 5) is 20.8. The molecule has 10 heteroatoms. The molecule has 1 N–H and O–H groups in total. The Labute approximate surface area is 186 Å². The van der Waals surface area contributed by atoms with Crippen LogP contribution in [0.5, 0.6) is 5.75 Å². The van der Waals surface area contributed by atoms with Gasteiger partial charge in [-0.15, -0.1) is 0 Å². The molecule has 0 bridgehead atoms. The maximum atomic E-state index is 14.9. The van der Waals surface area contributed by atoms with Gasteiger partial charge in [0.25, 0.3) is 5.91 Å². The second-order valence-corrected chi connectivity index (χ2v) is 7.46. The van der Waals surface area contributed by atoms with Crippen LogP contribution < -0.4 is 10.1 Å². The summed E-state index contributed by atoms with van der Waals surface area (Å²) in [6.07, 6.45) is -4.03. The predicted molar refractivity (Wildman–Crippen MR) is 112 cm³/mol. The quantitative estimate of drug-likeness (QED) is 0.362. The van der Waals surface area contributed by atoms with Crippen molar-refractivity contribution in [2.45, 2.75) is 33.1 Å². The van der Waals surface area contributed by atoms with Crippen LogP contribution in [0.2, 0.25) is 5.15 Å². The highest BCUT2D eigenvalue weighted by Gasteiger charge is 2.39. The predicted octanol–water partition coefficient (Wildman–Crippen LogP) is 6.13. The molecule has 0 aliphatic carbocycles. The third-order valence-corrected chi connectivity index (χ3v) is 4.90. The summed E-state index contributed by atoms with van der Waals surface area (Å²) in [5.41, 5.74) is 1.16. The molecule has 168 valence electrons. The van der Waals surface area contributed by atoms with Gasteiger partial charge < -0.3 is 10.1 Å². The molecule has 0 saturated heterocycles. The fourth-order valence-electron chi connectivity index (χ4n) is 2.77. The van der Waals surface area contributed by atoms with E-state index in [4.69, 9.17) is 16.3 Å². The van der Waals surface area contributed by atoms with E-state index in [1.807, 2.05) is 0 Å². The lowest BCUT2D eigenvalue weighted by Crippen LogP contribution is -2.32. The van der Waals surface area contributed by atoms with E-state index < -0.39 is 35.3 Å². The van der Waals surface area contributed by atoms with Gasteiger partial charge in [-0.25, -0.2) is 9.37 Å². The van der Waals surface area contributed by atoms with Gasteiger partial charge in [0.1, 0.15) is 11.6 Å². The number of aromatic nitrogens is 2. The lowest BCUT2D eigenvalue weighted by Gasteiger charge is -2.21. The van der Waals surface area contributed by atoms with Crippen molar-refractivity contribution < 1.29 is 27.1 Å². The fraction of sp³-hybridized carbons (Fsp3) is 0.227. The topological polar surface area (TPSA) is 64.1 Å². The van der Waals surface area contributed by atoms with Crippen molar-refractivity contribution >= 4 is 23.2 Å². The molecule has 1 aromatic carbocycles. The van der Waals surface area contributed by atoms with Crippen LogP contribution in [0.15, 0.2) is 42.7 Å². The molecule has 0 saturated carbocycles. The highest BCUT2D eigenvalue weighted by molar-refractivity contribution is 6.33. The van der Waals surface area contributed by atoms with Crippen molar-refractivity contribution in [3.8, 4) is 17.0 Å². The Morgan fingerprint density at radius 3 is 2.47 bits per heavy atom. The number of ether oxygens (including phenoxy) is 1. The summed E-state index contributed by atoms with van der Waals surface area (Å²) >= 11 is 6.01. The molecular weight excluding hydrogens is 450 g/mol. The van der Waals surface area contributed by atoms with Crippen LogP contribution in [0.4, 0.5) is 23.2 Å². The molecule has 0 fully saturated rings. The average Bonchev–Trinajstić information content (AvgIpc) is 2.71. The van der Waals surface area contributed by atoms with E-state index in [1.54, 1.807) is 26.0 Å². The van der Waals surface area contributed by atoms with Gasteiger partial charge >= 0.3 is 6.18 Å². The zero-order valence-corrected chi connectivity index (χ0v) is 18.0. The molecule has 32 heavy (non-hydrogen) atoms. The number of carbonyl (C=O) groups excluding carboxylic acids is 1. The van der Waals surface area contributed by atoms with Crippen LogP contribution in [0, 0.1) is 19.7 Å². The molecule has 0 spiro atoms. The van der Waals surface area contributed by atoms with Gasteiger partial charge in [0.2, 0.25) is 0 Å². The van der Waals surface area contributed by atoms with E-state index in [9.17, 15) is 22.4 Å². The first-order chi connectivity index (χ1) is 15.0. The van der Waals surface area contributed by atoms with Crippen LogP contribution >= 0.6 is 11.6 Å². The number of anilines is 1. The van der Waals surface area contributed by atoms with Gasteiger partial charge in [-0.2, -0.15) is 13.2 Å². The molecular formula is C22H18ClF4N3O2. The summed E-state index contributed by atoms with van der Waals surface area (Å²) in [5, 5.41) is 2.44. The van der Waals surface area contributed by atoms with Crippen molar-refractivity contribution in [1.29, 1.82) is 0 Å². The number of aryl methyl sites for hydroxylation is 2.